The molecule has 3 rings (SSSR count). The van der Waals surface area contributed by atoms with Gasteiger partial charge < -0.3 is 25.8 Å². The van der Waals surface area contributed by atoms with E-state index >= 15 is 0 Å². The van der Waals surface area contributed by atoms with E-state index in [9.17, 15) is 14.0 Å². The number of carbonyl (C=O) groups excluding carboxylic acids is 2. The molecule has 0 bridgehead atoms. The van der Waals surface area contributed by atoms with Crippen LogP contribution in [0.15, 0.2) is 36.5 Å². The van der Waals surface area contributed by atoms with Crippen LogP contribution in [0.3, 0.4) is 0 Å². The number of rotatable bonds is 9. The molecule has 10 nitrogen and oxygen atoms in total. The predicted molar refractivity (Wildman–Crippen MR) is 113 cm³/mol. The van der Waals surface area contributed by atoms with Crippen LogP contribution in [0.4, 0.5) is 20.7 Å². The average molecular weight is 430 g/mol. The van der Waals surface area contributed by atoms with Crippen molar-refractivity contribution in [3.8, 4) is 11.1 Å². The summed E-state index contributed by atoms with van der Waals surface area (Å²) in [6.45, 7) is 0.359. The molecule has 31 heavy (non-hydrogen) atoms. The number of benzene rings is 1. The lowest BCUT2D eigenvalue weighted by molar-refractivity contribution is -0.119. The number of hydrogen-bond donors (Lipinski definition) is 4. The molecule has 1 aromatic heterocycles. The molecule has 2 heterocycles. The third-order valence-corrected chi connectivity index (χ3v) is 4.71. The first kappa shape index (κ1) is 22.1. The fourth-order valence-corrected chi connectivity index (χ4v) is 3.08. The normalized spacial score (nSPS) is 15.5. The van der Waals surface area contributed by atoms with Crippen LogP contribution < -0.4 is 20.9 Å². The predicted octanol–water partition coefficient (Wildman–Crippen LogP) is 0.694. The van der Waals surface area contributed by atoms with Crippen LogP contribution in [0.5, 0.6) is 0 Å². The maximum absolute atomic E-state index is 14.7. The number of cyclic esters (lactones) is 1. The van der Waals surface area contributed by atoms with Gasteiger partial charge in [0.2, 0.25) is 5.91 Å². The van der Waals surface area contributed by atoms with Gasteiger partial charge in [-0.25, -0.2) is 14.2 Å². The lowest BCUT2D eigenvalue weighted by atomic mass is 10.1. The Labute approximate surface area is 177 Å². The lowest BCUT2D eigenvalue weighted by Gasteiger charge is -2.18. The number of aromatic nitrogens is 1. The topological polar surface area (TPSA) is 145 Å². The summed E-state index contributed by atoms with van der Waals surface area (Å²) in [5.41, 5.74) is 6.38. The minimum absolute atomic E-state index is 0.108. The molecule has 1 fully saturated rings. The number of aliphatic hydroxyl groups is 1. The van der Waals surface area contributed by atoms with E-state index in [1.54, 1.807) is 18.2 Å². The molecule has 164 valence electrons. The Morgan fingerprint density at radius 2 is 2.26 bits per heavy atom. The second kappa shape index (κ2) is 9.96. The van der Waals surface area contributed by atoms with E-state index in [1.165, 1.54) is 28.1 Å². The first-order valence-corrected chi connectivity index (χ1v) is 9.55. The highest BCUT2D eigenvalue weighted by molar-refractivity contribution is 5.90. The molecule has 0 saturated carbocycles. The third kappa shape index (κ3) is 5.13. The fraction of sp³-hybridized carbons (Fsp3) is 0.300. The van der Waals surface area contributed by atoms with Crippen molar-refractivity contribution in [2.24, 2.45) is 5.73 Å². The Hall–Kier alpha value is -3.57. The van der Waals surface area contributed by atoms with Crippen molar-refractivity contribution in [1.29, 1.82) is 5.41 Å². The second-order valence-electron chi connectivity index (χ2n) is 6.74. The summed E-state index contributed by atoms with van der Waals surface area (Å²) in [4.78, 5) is 30.1. The highest BCUT2D eigenvalue weighted by atomic mass is 19.1. The van der Waals surface area contributed by atoms with E-state index in [0.29, 0.717) is 35.7 Å². The molecule has 5 N–H and O–H groups in total. The number of nitrogens with two attached hydrogens (primary N) is 1. The Kier molecular flexibility index (Phi) is 7.11. The van der Waals surface area contributed by atoms with E-state index in [2.05, 4.69) is 10.3 Å². The minimum Gasteiger partial charge on any atom is -0.441 e. The number of pyridine rings is 1. The molecule has 1 aliphatic rings. The molecule has 1 atom stereocenters. The number of hydrogen-bond acceptors (Lipinski definition) is 7. The van der Waals surface area contributed by atoms with Crippen LogP contribution in [0.25, 0.3) is 11.1 Å². The molecular formula is C20H23FN6O4. The molecule has 11 heteroatoms. The van der Waals surface area contributed by atoms with Crippen molar-refractivity contribution >= 4 is 29.8 Å². The van der Waals surface area contributed by atoms with E-state index < -0.39 is 18.0 Å². The molecule has 1 aromatic carbocycles. The standard InChI is InChI=1S/C20H23FN6O4/c21-17-7-14(27-10-15(11-28)31-20(27)30)2-3-16(17)13-1-4-18(25-9-13)26(12-23)6-5-24-19(29)8-22/h1-4,7,9,12,15,23,28H,5-6,8,10-11,22H2,(H,24,29). The van der Waals surface area contributed by atoms with Gasteiger partial charge in [-0.15, -0.1) is 0 Å². The highest BCUT2D eigenvalue weighted by Gasteiger charge is 2.32. The molecule has 1 unspecified atom stereocenters. The smallest absolute Gasteiger partial charge is 0.414 e. The molecule has 1 aliphatic heterocycles. The number of ether oxygens (including phenoxy) is 1. The number of nitrogens with zero attached hydrogens (tertiary/aromatic N) is 3. The van der Waals surface area contributed by atoms with Crippen LogP contribution in [0, 0.1) is 11.2 Å². The molecule has 2 aromatic rings. The van der Waals surface area contributed by atoms with Crippen molar-refractivity contribution < 1.29 is 23.8 Å². The summed E-state index contributed by atoms with van der Waals surface area (Å²) in [5.74, 6) is -0.366. The Morgan fingerprint density at radius 3 is 2.84 bits per heavy atom. The van der Waals surface area contributed by atoms with E-state index in [-0.39, 0.29) is 25.6 Å². The number of halogens is 1. The van der Waals surface area contributed by atoms with Crippen LogP contribution in [-0.2, 0) is 9.53 Å². The zero-order valence-electron chi connectivity index (χ0n) is 16.6. The van der Waals surface area contributed by atoms with Gasteiger partial charge in [-0.05, 0) is 30.3 Å². The molecule has 0 radical (unpaired) electrons. The molecular weight excluding hydrogens is 407 g/mol. The van der Waals surface area contributed by atoms with Crippen LogP contribution in [0.1, 0.15) is 0 Å². The Morgan fingerprint density at radius 1 is 1.45 bits per heavy atom. The van der Waals surface area contributed by atoms with Gasteiger partial charge in [-0.3, -0.25) is 15.1 Å². The molecule has 2 amide bonds. The molecule has 0 aliphatic carbocycles. The number of nitrogens with one attached hydrogen (secondary N) is 2. The Bertz CT molecular complexity index is 955. The average Bonchev–Trinajstić information content (AvgIpc) is 3.17. The lowest BCUT2D eigenvalue weighted by Crippen LogP contribution is -2.37. The summed E-state index contributed by atoms with van der Waals surface area (Å²) in [6, 6.07) is 7.67. The number of carbonyl (C=O) groups is 2. The number of anilines is 2. The largest absolute Gasteiger partial charge is 0.441 e. The van der Waals surface area contributed by atoms with Gasteiger partial charge in [0.1, 0.15) is 17.7 Å². The van der Waals surface area contributed by atoms with Crippen LogP contribution in [0.2, 0.25) is 0 Å². The van der Waals surface area contributed by atoms with Crippen molar-refractivity contribution in [2.45, 2.75) is 6.10 Å². The SMILES string of the molecule is N=CN(CCNC(=O)CN)c1ccc(-c2ccc(N3CC(CO)OC3=O)cc2F)cn1. The van der Waals surface area contributed by atoms with Crippen molar-refractivity contribution in [1.82, 2.24) is 10.3 Å². The first-order chi connectivity index (χ1) is 15.0. The van der Waals surface area contributed by atoms with E-state index in [4.69, 9.17) is 21.0 Å². The van der Waals surface area contributed by atoms with Crippen LogP contribution in [-0.4, -0.2) is 67.3 Å². The summed E-state index contributed by atoms with van der Waals surface area (Å²) >= 11 is 0. The first-order valence-electron chi connectivity index (χ1n) is 9.55. The monoisotopic (exact) mass is 430 g/mol. The Balaban J connectivity index is 1.71. The van der Waals surface area contributed by atoms with Gasteiger partial charge in [-0.1, -0.05) is 0 Å². The van der Waals surface area contributed by atoms with E-state index in [0.717, 1.165) is 6.34 Å². The van der Waals surface area contributed by atoms with Crippen molar-refractivity contribution in [3.05, 3.63) is 42.3 Å². The highest BCUT2D eigenvalue weighted by Crippen LogP contribution is 2.29. The molecule has 1 saturated heterocycles. The summed E-state index contributed by atoms with van der Waals surface area (Å²) in [7, 11) is 0. The maximum atomic E-state index is 14.7. The van der Waals surface area contributed by atoms with E-state index in [1.807, 2.05) is 0 Å². The quantitative estimate of drug-likeness (QED) is 0.338. The van der Waals surface area contributed by atoms with Crippen molar-refractivity contribution in [2.75, 3.05) is 42.6 Å². The van der Waals surface area contributed by atoms with Gasteiger partial charge in [-0.2, -0.15) is 0 Å². The second-order valence-corrected chi connectivity index (χ2v) is 6.74. The molecule has 0 spiro atoms. The summed E-state index contributed by atoms with van der Waals surface area (Å²) in [6.07, 6.45) is 1.30. The van der Waals surface area contributed by atoms with Gasteiger partial charge >= 0.3 is 6.09 Å². The van der Waals surface area contributed by atoms with Crippen molar-refractivity contribution in [3.63, 3.8) is 0 Å². The van der Waals surface area contributed by atoms with Gasteiger partial charge in [0.25, 0.3) is 0 Å². The number of aliphatic hydroxyl groups excluding tert-OH is 1. The van der Waals surface area contributed by atoms with Gasteiger partial charge in [0.05, 0.1) is 31.7 Å². The number of amides is 2. The fourth-order valence-electron chi connectivity index (χ4n) is 3.08. The van der Waals surface area contributed by atoms with Gasteiger partial charge in [0, 0.05) is 30.4 Å². The third-order valence-electron chi connectivity index (χ3n) is 4.71. The summed E-state index contributed by atoms with van der Waals surface area (Å²) in [5, 5.41) is 19.3. The minimum atomic E-state index is -0.633. The summed E-state index contributed by atoms with van der Waals surface area (Å²) < 4.78 is 19.7. The van der Waals surface area contributed by atoms with Gasteiger partial charge in [0.15, 0.2) is 0 Å². The zero-order chi connectivity index (χ0) is 22.4. The van der Waals surface area contributed by atoms with Crippen LogP contribution >= 0.6 is 0 Å². The zero-order valence-corrected chi connectivity index (χ0v) is 16.6. The maximum Gasteiger partial charge on any atom is 0.414 e.